The quantitative estimate of drug-likeness (QED) is 0.745. The number of aromatic nitrogens is 2. The number of anilines is 1. The average Bonchev–Trinajstić information content (AvgIpc) is 2.51. The third kappa shape index (κ3) is 1.52. The summed E-state index contributed by atoms with van der Waals surface area (Å²) < 4.78 is 14.5. The Kier molecular flexibility index (Phi) is 2.07. The van der Waals surface area contributed by atoms with Gasteiger partial charge in [-0.15, -0.1) is 0 Å². The van der Waals surface area contributed by atoms with E-state index in [9.17, 15) is 9.50 Å². The van der Waals surface area contributed by atoms with Crippen LogP contribution >= 0.6 is 0 Å². The number of phenolic OH excluding ortho intramolecular Hbond substituents is 1. The highest BCUT2D eigenvalue weighted by Crippen LogP contribution is 2.30. The molecule has 1 heterocycles. The smallest absolute Gasteiger partial charge is 0.165 e. The lowest BCUT2D eigenvalue weighted by Crippen LogP contribution is -1.96. The van der Waals surface area contributed by atoms with Crippen molar-refractivity contribution in [1.82, 2.24) is 9.78 Å². The summed E-state index contributed by atoms with van der Waals surface area (Å²) in [6, 6.07) is 5.86. The molecule has 1 aromatic carbocycles. The van der Waals surface area contributed by atoms with Crippen molar-refractivity contribution in [2.45, 2.75) is 0 Å². The van der Waals surface area contributed by atoms with E-state index < -0.39 is 11.6 Å². The van der Waals surface area contributed by atoms with E-state index in [0.717, 1.165) is 0 Å². The Morgan fingerprint density at radius 2 is 2.20 bits per heavy atom. The lowest BCUT2D eigenvalue weighted by atomic mass is 10.1. The van der Waals surface area contributed by atoms with Gasteiger partial charge in [0.05, 0.1) is 5.69 Å². The van der Waals surface area contributed by atoms with Crippen molar-refractivity contribution in [1.29, 1.82) is 0 Å². The van der Waals surface area contributed by atoms with E-state index in [-0.39, 0.29) is 0 Å². The van der Waals surface area contributed by atoms with E-state index in [1.807, 2.05) is 0 Å². The molecule has 0 saturated carbocycles. The van der Waals surface area contributed by atoms with Crippen LogP contribution in [0.15, 0.2) is 24.3 Å². The molecule has 5 heteroatoms. The summed E-state index contributed by atoms with van der Waals surface area (Å²) in [5, 5.41) is 13.5. The molecule has 0 saturated heterocycles. The first-order valence-electron chi connectivity index (χ1n) is 4.37. The van der Waals surface area contributed by atoms with Crippen LogP contribution in [0.5, 0.6) is 5.75 Å². The van der Waals surface area contributed by atoms with Crippen LogP contribution in [0.3, 0.4) is 0 Å². The van der Waals surface area contributed by atoms with Crippen molar-refractivity contribution >= 4 is 5.82 Å². The lowest BCUT2D eigenvalue weighted by molar-refractivity contribution is 0.434. The Balaban J connectivity index is 2.59. The molecule has 0 aliphatic heterocycles. The number of halogens is 1. The summed E-state index contributed by atoms with van der Waals surface area (Å²) in [5.74, 6) is -0.624. The van der Waals surface area contributed by atoms with Crippen LogP contribution in [0.1, 0.15) is 0 Å². The lowest BCUT2D eigenvalue weighted by Gasteiger charge is -2.00. The highest BCUT2D eigenvalue weighted by atomic mass is 19.1. The second kappa shape index (κ2) is 3.27. The molecule has 2 aromatic rings. The fourth-order valence-corrected chi connectivity index (χ4v) is 1.34. The van der Waals surface area contributed by atoms with Crippen LogP contribution in [0.25, 0.3) is 11.3 Å². The van der Waals surface area contributed by atoms with Crippen molar-refractivity contribution < 1.29 is 9.50 Å². The highest BCUT2D eigenvalue weighted by molar-refractivity contribution is 5.68. The van der Waals surface area contributed by atoms with Gasteiger partial charge in [-0.25, -0.2) is 4.39 Å². The monoisotopic (exact) mass is 207 g/mol. The predicted octanol–water partition coefficient (Wildman–Crippen LogP) is 1.51. The van der Waals surface area contributed by atoms with Crippen LogP contribution in [-0.2, 0) is 7.05 Å². The zero-order valence-corrected chi connectivity index (χ0v) is 8.11. The number of nitrogen functional groups attached to an aromatic ring is 1. The number of hydrogen-bond acceptors (Lipinski definition) is 3. The molecule has 0 fully saturated rings. The van der Waals surface area contributed by atoms with Gasteiger partial charge < -0.3 is 10.8 Å². The topological polar surface area (TPSA) is 64.1 Å². The van der Waals surface area contributed by atoms with Gasteiger partial charge in [-0.05, 0) is 12.1 Å². The molecule has 0 spiro atoms. The molecule has 0 amide bonds. The summed E-state index contributed by atoms with van der Waals surface area (Å²) in [6.45, 7) is 0. The number of hydrogen-bond donors (Lipinski definition) is 2. The molecule has 0 unspecified atom stereocenters. The first-order chi connectivity index (χ1) is 7.09. The fourth-order valence-electron chi connectivity index (χ4n) is 1.34. The molecule has 0 aliphatic rings. The Morgan fingerprint density at radius 3 is 2.80 bits per heavy atom. The predicted molar refractivity (Wildman–Crippen MR) is 54.7 cm³/mol. The number of nitrogens with two attached hydrogens (primary N) is 1. The summed E-state index contributed by atoms with van der Waals surface area (Å²) in [7, 11) is 1.68. The van der Waals surface area contributed by atoms with E-state index in [2.05, 4.69) is 5.10 Å². The molecule has 4 nitrogen and oxygen atoms in total. The summed E-state index contributed by atoms with van der Waals surface area (Å²) in [6.07, 6.45) is 0. The maximum absolute atomic E-state index is 13.1. The van der Waals surface area contributed by atoms with Gasteiger partial charge in [-0.2, -0.15) is 5.10 Å². The minimum Gasteiger partial charge on any atom is -0.504 e. The van der Waals surface area contributed by atoms with Crippen molar-refractivity contribution in [3.05, 3.63) is 30.1 Å². The van der Waals surface area contributed by atoms with E-state index in [1.54, 1.807) is 19.2 Å². The number of aryl methyl sites for hydroxylation is 1. The van der Waals surface area contributed by atoms with Gasteiger partial charge in [0, 0.05) is 18.7 Å². The number of benzene rings is 1. The summed E-state index contributed by atoms with van der Waals surface area (Å²) in [4.78, 5) is 0. The zero-order valence-electron chi connectivity index (χ0n) is 8.11. The van der Waals surface area contributed by atoms with Crippen LogP contribution < -0.4 is 5.73 Å². The van der Waals surface area contributed by atoms with E-state index in [0.29, 0.717) is 17.1 Å². The van der Waals surface area contributed by atoms with E-state index >= 15 is 0 Å². The second-order valence-corrected chi connectivity index (χ2v) is 3.21. The average molecular weight is 207 g/mol. The molecule has 3 N–H and O–H groups in total. The Labute approximate surface area is 85.8 Å². The fraction of sp³-hybridized carbons (Fsp3) is 0.100. The molecule has 78 valence electrons. The molecular formula is C10H10FN3O. The van der Waals surface area contributed by atoms with Crippen molar-refractivity contribution in [2.24, 2.45) is 7.05 Å². The molecular weight excluding hydrogens is 197 g/mol. The van der Waals surface area contributed by atoms with E-state index in [1.165, 1.54) is 16.8 Å². The Morgan fingerprint density at radius 1 is 1.47 bits per heavy atom. The van der Waals surface area contributed by atoms with Gasteiger partial charge in [-0.1, -0.05) is 6.07 Å². The molecule has 0 radical (unpaired) electrons. The van der Waals surface area contributed by atoms with Gasteiger partial charge in [0.25, 0.3) is 0 Å². The maximum Gasteiger partial charge on any atom is 0.165 e. The second-order valence-electron chi connectivity index (χ2n) is 3.21. The third-order valence-electron chi connectivity index (χ3n) is 2.18. The largest absolute Gasteiger partial charge is 0.504 e. The van der Waals surface area contributed by atoms with Crippen LogP contribution in [0.2, 0.25) is 0 Å². The normalized spacial score (nSPS) is 10.5. The molecule has 0 atom stereocenters. The minimum absolute atomic E-state index is 0.335. The van der Waals surface area contributed by atoms with Crippen molar-refractivity contribution in [2.75, 3.05) is 5.73 Å². The molecule has 0 aliphatic carbocycles. The standard InChI is InChI=1S/C10H10FN3O/c1-14-9(12)5-8(13-14)6-3-2-4-7(11)10(6)15/h2-5,15H,12H2,1H3. The van der Waals surface area contributed by atoms with E-state index in [4.69, 9.17) is 5.73 Å². The van der Waals surface area contributed by atoms with Crippen molar-refractivity contribution in [3.8, 4) is 17.0 Å². The summed E-state index contributed by atoms with van der Waals surface area (Å²) in [5.41, 5.74) is 6.38. The van der Waals surface area contributed by atoms with Gasteiger partial charge >= 0.3 is 0 Å². The first kappa shape index (κ1) is 9.51. The number of phenols is 1. The maximum atomic E-state index is 13.1. The Hall–Kier alpha value is -2.04. The number of para-hydroxylation sites is 1. The Bertz CT molecular complexity index is 488. The molecule has 15 heavy (non-hydrogen) atoms. The van der Waals surface area contributed by atoms with Crippen LogP contribution in [0.4, 0.5) is 10.2 Å². The number of rotatable bonds is 1. The molecule has 2 rings (SSSR count). The zero-order chi connectivity index (χ0) is 11.0. The van der Waals surface area contributed by atoms with Crippen LogP contribution in [-0.4, -0.2) is 14.9 Å². The SMILES string of the molecule is Cn1nc(-c2cccc(F)c2O)cc1N. The van der Waals surface area contributed by atoms with Gasteiger partial charge in [-0.3, -0.25) is 4.68 Å². The summed E-state index contributed by atoms with van der Waals surface area (Å²) >= 11 is 0. The number of aromatic hydroxyl groups is 1. The van der Waals surface area contributed by atoms with Gasteiger partial charge in [0.15, 0.2) is 11.6 Å². The van der Waals surface area contributed by atoms with Crippen molar-refractivity contribution in [3.63, 3.8) is 0 Å². The minimum atomic E-state index is -0.670. The van der Waals surface area contributed by atoms with Gasteiger partial charge in [0.2, 0.25) is 0 Å². The highest BCUT2D eigenvalue weighted by Gasteiger charge is 2.12. The van der Waals surface area contributed by atoms with Gasteiger partial charge in [0.1, 0.15) is 5.82 Å². The third-order valence-corrected chi connectivity index (χ3v) is 2.18. The first-order valence-corrected chi connectivity index (χ1v) is 4.37. The van der Waals surface area contributed by atoms with Crippen LogP contribution in [0, 0.1) is 5.82 Å². The number of nitrogens with zero attached hydrogens (tertiary/aromatic N) is 2. The molecule has 1 aromatic heterocycles. The molecule has 0 bridgehead atoms.